The Labute approximate surface area is 208 Å². The van der Waals surface area contributed by atoms with Crippen molar-refractivity contribution < 1.29 is 14.3 Å². The van der Waals surface area contributed by atoms with E-state index in [2.05, 4.69) is 5.32 Å². The summed E-state index contributed by atoms with van der Waals surface area (Å²) in [5.41, 5.74) is 3.84. The normalized spacial score (nSPS) is 18.1. The van der Waals surface area contributed by atoms with E-state index in [0.717, 1.165) is 22.0 Å². The molecule has 2 aliphatic heterocycles. The molecule has 8 heteroatoms. The molecule has 2 atom stereocenters. The number of fused-ring (bicyclic) bond motifs is 1. The molecule has 2 aliphatic rings. The summed E-state index contributed by atoms with van der Waals surface area (Å²) in [7, 11) is 1.37. The zero-order chi connectivity index (χ0) is 24.2. The zero-order valence-electron chi connectivity index (χ0n) is 19.2. The monoisotopic (exact) mass is 495 g/mol. The van der Waals surface area contributed by atoms with Crippen LogP contribution in [0, 0.1) is 0 Å². The fourth-order valence-corrected chi connectivity index (χ4v) is 5.22. The second kappa shape index (κ2) is 10.5. The van der Waals surface area contributed by atoms with Gasteiger partial charge in [-0.25, -0.2) is 9.79 Å². The predicted molar refractivity (Wildman–Crippen MR) is 136 cm³/mol. The summed E-state index contributed by atoms with van der Waals surface area (Å²) in [5.74, 6) is -0.540. The number of nitrogens with zero attached hydrogens (tertiary/aromatic N) is 2. The number of rotatable bonds is 7. The summed E-state index contributed by atoms with van der Waals surface area (Å²) < 4.78 is 5.14. The highest BCUT2D eigenvalue weighted by Gasteiger charge is 2.41. The van der Waals surface area contributed by atoms with E-state index in [-0.39, 0.29) is 18.4 Å². The lowest BCUT2D eigenvalue weighted by molar-refractivity contribution is -0.136. The van der Waals surface area contributed by atoms with Gasteiger partial charge in [-0.15, -0.1) is 0 Å². The first-order chi connectivity index (χ1) is 16.4. The van der Waals surface area contributed by atoms with Gasteiger partial charge in [0.1, 0.15) is 0 Å². The van der Waals surface area contributed by atoms with Gasteiger partial charge in [-0.2, -0.15) is 0 Å². The molecule has 2 aromatic rings. The van der Waals surface area contributed by atoms with Gasteiger partial charge in [0.2, 0.25) is 5.91 Å². The first-order valence-corrected chi connectivity index (χ1v) is 12.3. The minimum absolute atomic E-state index is 0.107. The lowest BCUT2D eigenvalue weighted by Crippen LogP contribution is -2.38. The largest absolute Gasteiger partial charge is 0.466 e. The molecule has 6 nitrogen and oxygen atoms in total. The Morgan fingerprint density at radius 1 is 1.18 bits per heavy atom. The van der Waals surface area contributed by atoms with Gasteiger partial charge in [-0.3, -0.25) is 4.79 Å². The van der Waals surface area contributed by atoms with Crippen molar-refractivity contribution in [2.75, 3.05) is 7.11 Å². The van der Waals surface area contributed by atoms with Gasteiger partial charge in [0.15, 0.2) is 5.17 Å². The van der Waals surface area contributed by atoms with Gasteiger partial charge in [-0.05, 0) is 42.0 Å². The van der Waals surface area contributed by atoms with Crippen LogP contribution >= 0.6 is 23.4 Å². The van der Waals surface area contributed by atoms with E-state index < -0.39 is 12.0 Å². The van der Waals surface area contributed by atoms with E-state index in [1.54, 1.807) is 12.1 Å². The number of nitrogens with one attached hydrogen (secondary N) is 1. The summed E-state index contributed by atoms with van der Waals surface area (Å²) in [6.45, 7) is 3.92. The summed E-state index contributed by atoms with van der Waals surface area (Å²) in [6, 6.07) is 16.6. The molecule has 1 amide bonds. The molecule has 0 unspecified atom stereocenters. The second-order valence-corrected chi connectivity index (χ2v) is 9.30. The number of amidine groups is 1. The van der Waals surface area contributed by atoms with Crippen molar-refractivity contribution in [1.82, 2.24) is 10.2 Å². The van der Waals surface area contributed by atoms with Gasteiger partial charge in [0, 0.05) is 10.7 Å². The number of halogens is 1. The lowest BCUT2D eigenvalue weighted by Gasteiger charge is -2.36. The topological polar surface area (TPSA) is 71.0 Å². The Bertz CT molecular complexity index is 1180. The molecule has 176 valence electrons. The van der Waals surface area contributed by atoms with E-state index in [1.165, 1.54) is 18.9 Å². The van der Waals surface area contributed by atoms with Crippen molar-refractivity contribution in [2.24, 2.45) is 4.99 Å². The Kier molecular flexibility index (Phi) is 7.44. The lowest BCUT2D eigenvalue weighted by atomic mass is 9.93. The van der Waals surface area contributed by atoms with Crippen molar-refractivity contribution in [2.45, 2.75) is 38.8 Å². The van der Waals surface area contributed by atoms with Crippen LogP contribution in [0.15, 0.2) is 82.0 Å². The predicted octanol–water partition coefficient (Wildman–Crippen LogP) is 5.75. The smallest absolute Gasteiger partial charge is 0.338 e. The first-order valence-electron chi connectivity index (χ1n) is 11.1. The minimum Gasteiger partial charge on any atom is -0.466 e. The maximum absolute atomic E-state index is 13.0. The fraction of sp³-hybridized carbons (Fsp3) is 0.269. The summed E-state index contributed by atoms with van der Waals surface area (Å²) in [4.78, 5) is 32.6. The van der Waals surface area contributed by atoms with Gasteiger partial charge in [0.05, 0.1) is 36.9 Å². The molecule has 0 aliphatic carbocycles. The zero-order valence-corrected chi connectivity index (χ0v) is 20.8. The van der Waals surface area contributed by atoms with Crippen LogP contribution in [0.4, 0.5) is 0 Å². The summed E-state index contributed by atoms with van der Waals surface area (Å²) >= 11 is 7.59. The average Bonchev–Trinajstić information content (AvgIpc) is 3.25. The van der Waals surface area contributed by atoms with Gasteiger partial charge in [-0.1, -0.05) is 72.8 Å². The average molecular weight is 496 g/mol. The molecule has 2 heterocycles. The van der Waals surface area contributed by atoms with Crippen LogP contribution in [0.3, 0.4) is 0 Å². The number of carbonyl (C=O) groups excluding carboxylic acids is 2. The van der Waals surface area contributed by atoms with Crippen molar-refractivity contribution in [3.05, 3.63) is 93.1 Å². The molecular weight excluding hydrogens is 470 g/mol. The van der Waals surface area contributed by atoms with Crippen LogP contribution in [0.5, 0.6) is 0 Å². The number of hydrogen-bond donors (Lipinski definition) is 1. The highest BCUT2D eigenvalue weighted by molar-refractivity contribution is 8.16. The first kappa shape index (κ1) is 24.1. The van der Waals surface area contributed by atoms with E-state index in [4.69, 9.17) is 21.3 Å². The number of carbonyl (C=O) groups is 2. The molecule has 0 saturated carbocycles. The third-order valence-electron chi connectivity index (χ3n) is 5.83. The van der Waals surface area contributed by atoms with Crippen LogP contribution < -0.4 is 5.32 Å². The number of allylic oxidation sites excluding steroid dienone is 1. The molecule has 1 N–H and O–H groups in total. The van der Waals surface area contributed by atoms with Gasteiger partial charge >= 0.3 is 5.97 Å². The molecular formula is C26H26ClN3O3S. The number of aliphatic imine (C=N–C) groups is 1. The van der Waals surface area contributed by atoms with Crippen molar-refractivity contribution in [3.63, 3.8) is 0 Å². The SMILES string of the molecule is CCC1=C(C(=O)OC)[C@@H](c2ccc(Cl)cc2)N2C(CC(=O)N[C@H](C)c3ccccc3)=CSC2=N1. The minimum atomic E-state index is -0.465. The van der Waals surface area contributed by atoms with Crippen molar-refractivity contribution >= 4 is 40.4 Å². The van der Waals surface area contributed by atoms with Crippen LogP contribution in [-0.2, 0) is 14.3 Å². The third-order valence-corrected chi connectivity index (χ3v) is 6.97. The van der Waals surface area contributed by atoms with Crippen LogP contribution in [0.2, 0.25) is 5.02 Å². The molecule has 0 aromatic heterocycles. The van der Waals surface area contributed by atoms with Crippen LogP contribution in [0.25, 0.3) is 0 Å². The number of benzene rings is 2. The molecule has 0 radical (unpaired) electrons. The van der Waals surface area contributed by atoms with E-state index in [1.807, 2.05) is 66.6 Å². The Morgan fingerprint density at radius 3 is 2.53 bits per heavy atom. The van der Waals surface area contributed by atoms with E-state index in [0.29, 0.717) is 22.7 Å². The van der Waals surface area contributed by atoms with Gasteiger partial charge < -0.3 is 15.0 Å². The molecule has 0 saturated heterocycles. The number of hydrogen-bond acceptors (Lipinski definition) is 6. The summed E-state index contributed by atoms with van der Waals surface area (Å²) in [5, 5.41) is 6.35. The highest BCUT2D eigenvalue weighted by atomic mass is 35.5. The van der Waals surface area contributed by atoms with Crippen LogP contribution in [0.1, 0.15) is 49.9 Å². The molecule has 34 heavy (non-hydrogen) atoms. The number of thioether (sulfide) groups is 1. The number of ether oxygens (including phenoxy) is 1. The number of esters is 1. The molecule has 0 fully saturated rings. The van der Waals surface area contributed by atoms with E-state index >= 15 is 0 Å². The van der Waals surface area contributed by atoms with Crippen molar-refractivity contribution in [3.8, 4) is 0 Å². The van der Waals surface area contributed by atoms with Gasteiger partial charge in [0.25, 0.3) is 0 Å². The number of methoxy groups -OCH3 is 1. The third kappa shape index (κ3) is 4.91. The Morgan fingerprint density at radius 2 is 1.88 bits per heavy atom. The molecule has 0 spiro atoms. The Hall–Kier alpha value is -3.03. The number of amides is 1. The van der Waals surface area contributed by atoms with Crippen molar-refractivity contribution in [1.29, 1.82) is 0 Å². The van der Waals surface area contributed by atoms with Crippen LogP contribution in [-0.4, -0.2) is 29.1 Å². The molecule has 0 bridgehead atoms. The Balaban J connectivity index is 1.64. The quantitative estimate of drug-likeness (QED) is 0.495. The maximum Gasteiger partial charge on any atom is 0.338 e. The van der Waals surface area contributed by atoms with E-state index in [9.17, 15) is 9.59 Å². The standard InChI is InChI=1S/C26H26ClN3O3S/c1-4-21-23(25(32)33-3)24(18-10-12-19(27)13-11-18)30-20(15-34-26(30)29-21)14-22(31)28-16(2)17-8-6-5-7-9-17/h5-13,15-16,24H,4,14H2,1-3H3,(H,28,31)/t16-,24-/m1/s1. The maximum atomic E-state index is 13.0. The highest BCUT2D eigenvalue weighted by Crippen LogP contribution is 2.45. The fourth-order valence-electron chi connectivity index (χ4n) is 4.15. The second-order valence-electron chi connectivity index (χ2n) is 8.03. The molecule has 2 aromatic carbocycles. The molecule has 4 rings (SSSR count). The summed E-state index contributed by atoms with van der Waals surface area (Å²) in [6.07, 6.45) is 0.736.